The molecular formula is C30H26O13. The third-order valence-electron chi connectivity index (χ3n) is 6.66. The number of hydrogen-bond donors (Lipinski definition) is 7. The third-order valence-corrected chi connectivity index (χ3v) is 6.66. The minimum Gasteiger partial charge on any atom is -0.508 e. The number of carbonyl (C=O) groups is 1. The van der Waals surface area contributed by atoms with Gasteiger partial charge in [0.2, 0.25) is 17.5 Å². The quantitative estimate of drug-likeness (QED) is 0.120. The summed E-state index contributed by atoms with van der Waals surface area (Å²) in [6.07, 6.45) is -6.15. The second-order valence-corrected chi connectivity index (χ2v) is 9.63. The van der Waals surface area contributed by atoms with Gasteiger partial charge in [0.15, 0.2) is 18.0 Å². The number of phenols is 4. The minimum atomic E-state index is -1.90. The van der Waals surface area contributed by atoms with Crippen molar-refractivity contribution in [2.24, 2.45) is 0 Å². The van der Waals surface area contributed by atoms with Gasteiger partial charge in [-0.15, -0.1) is 0 Å². The number of fused-ring (bicyclic) bond motifs is 1. The van der Waals surface area contributed by atoms with Crippen LogP contribution in [0.1, 0.15) is 5.56 Å². The van der Waals surface area contributed by atoms with Gasteiger partial charge in [0.05, 0.1) is 6.61 Å². The molecule has 0 bridgehead atoms. The van der Waals surface area contributed by atoms with E-state index in [4.69, 9.17) is 18.6 Å². The van der Waals surface area contributed by atoms with Gasteiger partial charge < -0.3 is 54.4 Å². The summed E-state index contributed by atoms with van der Waals surface area (Å²) in [7, 11) is 0. The summed E-state index contributed by atoms with van der Waals surface area (Å²) in [4.78, 5) is 26.2. The molecule has 0 radical (unpaired) electrons. The van der Waals surface area contributed by atoms with Gasteiger partial charge >= 0.3 is 5.97 Å². The van der Waals surface area contributed by atoms with Gasteiger partial charge in [0.1, 0.15) is 46.2 Å². The molecule has 43 heavy (non-hydrogen) atoms. The number of aliphatic hydroxyl groups excluding tert-OH is 3. The van der Waals surface area contributed by atoms with E-state index in [1.165, 1.54) is 54.6 Å². The first kappa shape index (κ1) is 29.4. The van der Waals surface area contributed by atoms with Crippen LogP contribution in [0.5, 0.6) is 28.7 Å². The number of rotatable bonds is 7. The molecule has 224 valence electrons. The van der Waals surface area contributed by atoms with Crippen LogP contribution in [0.15, 0.2) is 76.0 Å². The Bertz CT molecular complexity index is 1710. The number of carbonyl (C=O) groups excluding carboxylic acids is 1. The Morgan fingerprint density at radius 1 is 0.884 bits per heavy atom. The molecule has 1 saturated heterocycles. The van der Waals surface area contributed by atoms with Crippen molar-refractivity contribution in [1.82, 2.24) is 0 Å². The Balaban J connectivity index is 1.49. The summed E-state index contributed by atoms with van der Waals surface area (Å²) in [6.45, 7) is -0.789. The van der Waals surface area contributed by atoms with Crippen LogP contribution in [-0.4, -0.2) is 79.0 Å². The van der Waals surface area contributed by atoms with Crippen molar-refractivity contribution >= 4 is 23.0 Å². The first-order chi connectivity index (χ1) is 20.5. The predicted molar refractivity (Wildman–Crippen MR) is 148 cm³/mol. The molecule has 4 aromatic rings. The molecule has 1 aromatic heterocycles. The second kappa shape index (κ2) is 12.0. The number of aliphatic hydroxyl groups is 3. The van der Waals surface area contributed by atoms with Gasteiger partial charge in [0.25, 0.3) is 0 Å². The van der Waals surface area contributed by atoms with Crippen molar-refractivity contribution in [3.05, 3.63) is 82.5 Å². The topological polar surface area (TPSA) is 217 Å². The molecule has 0 amide bonds. The average Bonchev–Trinajstić information content (AvgIpc) is 2.97. The molecule has 1 fully saturated rings. The van der Waals surface area contributed by atoms with Crippen LogP contribution in [0.2, 0.25) is 0 Å². The van der Waals surface area contributed by atoms with E-state index in [0.29, 0.717) is 5.56 Å². The smallest absolute Gasteiger partial charge is 0.331 e. The standard InChI is InChI=1S/C30H26O13/c31-13-21-24(37)28(42-22(36)10-3-14-1-6-16(32)7-2-14)26(39)30(41-21)43-29-25(38)23-19(35)11-18(34)12-20(23)40-27(29)15-4-8-17(33)9-5-15/h1-12,21,24,26,28,30-35,37,39H,13H2/t21-,24-,26-,28+,30+/m1/s1. The molecule has 0 spiro atoms. The van der Waals surface area contributed by atoms with E-state index in [9.17, 15) is 45.3 Å². The maximum absolute atomic E-state index is 13.6. The van der Waals surface area contributed by atoms with Crippen LogP contribution in [0.3, 0.4) is 0 Å². The highest BCUT2D eigenvalue weighted by atomic mass is 16.7. The lowest BCUT2D eigenvalue weighted by molar-refractivity contribution is -0.280. The van der Waals surface area contributed by atoms with Crippen LogP contribution in [0.25, 0.3) is 28.4 Å². The summed E-state index contributed by atoms with van der Waals surface area (Å²) in [5, 5.41) is 70.6. The van der Waals surface area contributed by atoms with Gasteiger partial charge in [-0.25, -0.2) is 4.79 Å². The molecule has 1 aliphatic rings. The summed E-state index contributed by atoms with van der Waals surface area (Å²) in [5.41, 5.74) is -0.395. The molecule has 2 heterocycles. The van der Waals surface area contributed by atoms with Crippen molar-refractivity contribution in [2.45, 2.75) is 30.7 Å². The number of esters is 1. The molecule has 13 nitrogen and oxygen atoms in total. The van der Waals surface area contributed by atoms with Crippen molar-refractivity contribution in [3.8, 4) is 40.1 Å². The first-order valence-corrected chi connectivity index (χ1v) is 12.8. The largest absolute Gasteiger partial charge is 0.508 e. The van der Waals surface area contributed by atoms with E-state index in [2.05, 4.69) is 0 Å². The second-order valence-electron chi connectivity index (χ2n) is 9.63. The fourth-order valence-electron chi connectivity index (χ4n) is 4.51. The molecule has 5 atom stereocenters. The van der Waals surface area contributed by atoms with Gasteiger partial charge in [-0.3, -0.25) is 4.79 Å². The highest BCUT2D eigenvalue weighted by molar-refractivity contribution is 5.88. The maximum Gasteiger partial charge on any atom is 0.331 e. The van der Waals surface area contributed by atoms with Crippen LogP contribution in [0, 0.1) is 0 Å². The summed E-state index contributed by atoms with van der Waals surface area (Å²) in [5.74, 6) is -2.89. The molecule has 5 rings (SSSR count). The summed E-state index contributed by atoms with van der Waals surface area (Å²) in [6, 6.07) is 13.3. The Morgan fingerprint density at radius 2 is 1.53 bits per heavy atom. The van der Waals surface area contributed by atoms with Crippen molar-refractivity contribution < 1.29 is 59.2 Å². The molecule has 3 aromatic carbocycles. The van der Waals surface area contributed by atoms with Crippen molar-refractivity contribution in [1.29, 1.82) is 0 Å². The fraction of sp³-hybridized carbons (Fsp3) is 0.200. The predicted octanol–water partition coefficient (Wildman–Crippen LogP) is 1.73. The third kappa shape index (κ3) is 6.10. The molecule has 13 heteroatoms. The van der Waals surface area contributed by atoms with Crippen molar-refractivity contribution in [2.75, 3.05) is 6.61 Å². The first-order valence-electron chi connectivity index (χ1n) is 12.8. The number of phenolic OH excluding ortho intramolecular Hbond substituents is 4. The summed E-state index contributed by atoms with van der Waals surface area (Å²) >= 11 is 0. The van der Waals surface area contributed by atoms with Crippen LogP contribution >= 0.6 is 0 Å². The lowest BCUT2D eigenvalue weighted by Crippen LogP contribution is -2.61. The van der Waals surface area contributed by atoms with E-state index in [1.54, 1.807) is 0 Å². The zero-order chi connectivity index (χ0) is 30.8. The molecular weight excluding hydrogens is 568 g/mol. The molecule has 1 aliphatic heterocycles. The summed E-state index contributed by atoms with van der Waals surface area (Å²) < 4.78 is 22.4. The average molecular weight is 595 g/mol. The highest BCUT2D eigenvalue weighted by Gasteiger charge is 2.48. The highest BCUT2D eigenvalue weighted by Crippen LogP contribution is 2.37. The van der Waals surface area contributed by atoms with Crippen LogP contribution in [-0.2, 0) is 14.3 Å². The monoisotopic (exact) mass is 594 g/mol. The van der Waals surface area contributed by atoms with E-state index in [1.807, 2.05) is 0 Å². The van der Waals surface area contributed by atoms with Crippen LogP contribution < -0.4 is 10.2 Å². The number of ether oxygens (including phenoxy) is 3. The van der Waals surface area contributed by atoms with Gasteiger partial charge in [-0.05, 0) is 48.0 Å². The molecule has 0 saturated carbocycles. The number of benzene rings is 3. The van der Waals surface area contributed by atoms with Gasteiger partial charge in [-0.2, -0.15) is 0 Å². The Kier molecular flexibility index (Phi) is 8.23. The van der Waals surface area contributed by atoms with E-state index < -0.39 is 66.0 Å². The molecule has 7 N–H and O–H groups in total. The molecule has 0 unspecified atom stereocenters. The minimum absolute atomic E-state index is 0.0247. The van der Waals surface area contributed by atoms with E-state index in [0.717, 1.165) is 18.2 Å². The van der Waals surface area contributed by atoms with Crippen LogP contribution in [0.4, 0.5) is 0 Å². The van der Waals surface area contributed by atoms with E-state index >= 15 is 0 Å². The number of aromatic hydroxyl groups is 4. The lowest BCUT2D eigenvalue weighted by Gasteiger charge is -2.41. The van der Waals surface area contributed by atoms with Gasteiger partial charge in [-0.1, -0.05) is 12.1 Å². The fourth-order valence-corrected chi connectivity index (χ4v) is 4.51. The maximum atomic E-state index is 13.6. The zero-order valence-corrected chi connectivity index (χ0v) is 22.1. The Morgan fingerprint density at radius 3 is 2.19 bits per heavy atom. The zero-order valence-electron chi connectivity index (χ0n) is 22.1. The Hall–Kier alpha value is -5.08. The Labute approximate surface area is 242 Å². The lowest BCUT2D eigenvalue weighted by atomic mass is 9.99. The molecule has 0 aliphatic carbocycles. The number of hydrogen-bond acceptors (Lipinski definition) is 13. The van der Waals surface area contributed by atoms with Gasteiger partial charge in [0, 0.05) is 23.8 Å². The SMILES string of the molecule is O=C(C=Cc1ccc(O)cc1)O[C@@H]1[C@@H](O)[C@H](Oc2c(-c3ccc(O)cc3)oc3cc(O)cc(O)c3c2=O)O[C@H](CO)[C@H]1O. The van der Waals surface area contributed by atoms with Crippen molar-refractivity contribution in [3.63, 3.8) is 0 Å². The normalized spacial score (nSPS) is 22.1. The van der Waals surface area contributed by atoms with E-state index in [-0.39, 0.29) is 33.8 Å².